The van der Waals surface area contributed by atoms with Crippen molar-refractivity contribution in [2.24, 2.45) is 0 Å². The van der Waals surface area contributed by atoms with E-state index in [1.165, 1.54) is 12.1 Å². The lowest BCUT2D eigenvalue weighted by molar-refractivity contribution is 0.0604. The van der Waals surface area contributed by atoms with Gasteiger partial charge in [0.25, 0.3) is 15.9 Å². The molecular weight excluding hydrogens is 464 g/mol. The molecule has 2 aromatic carbocycles. The average molecular weight is 493 g/mol. The number of nitrogens with one attached hydrogen (secondary N) is 1. The second-order valence-corrected chi connectivity index (χ2v) is 11.0. The van der Waals surface area contributed by atoms with Crippen molar-refractivity contribution in [3.8, 4) is 17.1 Å². The molecule has 6 bridgehead atoms. The molecular formula is C26H28N4O4S. The van der Waals surface area contributed by atoms with Gasteiger partial charge >= 0.3 is 0 Å². The Morgan fingerprint density at radius 3 is 2.54 bits per heavy atom. The molecule has 5 rings (SSSR count). The number of benzene rings is 2. The van der Waals surface area contributed by atoms with E-state index in [0.717, 1.165) is 36.0 Å². The van der Waals surface area contributed by atoms with Gasteiger partial charge in [0.05, 0.1) is 17.1 Å². The van der Waals surface area contributed by atoms with Crippen LogP contribution < -0.4 is 9.46 Å². The number of hydrogen-bond acceptors (Lipinski definition) is 6. The first-order valence-corrected chi connectivity index (χ1v) is 13.3. The highest BCUT2D eigenvalue weighted by Gasteiger charge is 2.31. The minimum Gasteiger partial charge on any atom is -0.472 e. The van der Waals surface area contributed by atoms with Crippen LogP contribution in [0.25, 0.3) is 11.3 Å². The zero-order valence-corrected chi connectivity index (χ0v) is 20.8. The molecule has 35 heavy (non-hydrogen) atoms. The fourth-order valence-electron chi connectivity index (χ4n) is 4.86. The summed E-state index contributed by atoms with van der Waals surface area (Å²) in [6, 6.07) is 13.8. The van der Waals surface area contributed by atoms with E-state index >= 15 is 0 Å². The predicted octanol–water partition coefficient (Wildman–Crippen LogP) is 4.34. The molecule has 0 saturated carbocycles. The van der Waals surface area contributed by atoms with Gasteiger partial charge in [0.15, 0.2) is 0 Å². The van der Waals surface area contributed by atoms with Crippen LogP contribution >= 0.6 is 0 Å². The van der Waals surface area contributed by atoms with Crippen molar-refractivity contribution in [2.75, 3.05) is 11.3 Å². The number of carbonyl (C=O) groups is 1. The fraction of sp³-hybridized carbons (Fsp3) is 0.346. The Bertz CT molecular complexity index is 1390. The molecule has 3 heterocycles. The van der Waals surface area contributed by atoms with E-state index in [-0.39, 0.29) is 34.8 Å². The van der Waals surface area contributed by atoms with Crippen LogP contribution in [0.4, 0.5) is 5.95 Å². The van der Waals surface area contributed by atoms with Crippen LogP contribution in [-0.2, 0) is 10.0 Å². The van der Waals surface area contributed by atoms with Crippen LogP contribution in [0.1, 0.15) is 47.7 Å². The first kappa shape index (κ1) is 23.3. The number of hydrogen-bond donors (Lipinski definition) is 1. The highest BCUT2D eigenvalue weighted by molar-refractivity contribution is 7.92. The second kappa shape index (κ2) is 8.96. The van der Waals surface area contributed by atoms with Gasteiger partial charge in [0, 0.05) is 23.2 Å². The van der Waals surface area contributed by atoms with Gasteiger partial charge in [0.2, 0.25) is 11.8 Å². The number of aromatic nitrogens is 2. The van der Waals surface area contributed by atoms with Gasteiger partial charge in [-0.15, -0.1) is 0 Å². The molecule has 0 spiro atoms. The number of nitrogens with zero attached hydrogens (tertiary/aromatic N) is 3. The Kier molecular flexibility index (Phi) is 5.96. The number of rotatable bonds is 1. The SMILES string of the molecule is Cc1cccc(C)c1-c1cc2nc(n1)NS(=O)(=O)c1cccc(c1)C(=O)N1C[C@@H](CCCC1C)O2. The van der Waals surface area contributed by atoms with Crippen LogP contribution in [0.15, 0.2) is 53.4 Å². The Labute approximate surface area is 205 Å². The van der Waals surface area contributed by atoms with Gasteiger partial charge in [-0.2, -0.15) is 4.98 Å². The lowest BCUT2D eigenvalue weighted by atomic mass is 10.00. The van der Waals surface area contributed by atoms with E-state index in [0.29, 0.717) is 17.8 Å². The van der Waals surface area contributed by atoms with Gasteiger partial charge in [-0.3, -0.25) is 4.79 Å². The number of sulfonamides is 1. The number of aryl methyl sites for hydroxylation is 2. The summed E-state index contributed by atoms with van der Waals surface area (Å²) >= 11 is 0. The van der Waals surface area contributed by atoms with Gasteiger partial charge in [-0.1, -0.05) is 24.3 Å². The van der Waals surface area contributed by atoms with Crippen LogP contribution in [-0.4, -0.2) is 47.9 Å². The zero-order chi connectivity index (χ0) is 24.7. The third-order valence-corrected chi connectivity index (χ3v) is 8.01. The largest absolute Gasteiger partial charge is 0.472 e. The molecule has 3 aromatic rings. The quantitative estimate of drug-likeness (QED) is 0.542. The predicted molar refractivity (Wildman–Crippen MR) is 133 cm³/mol. The number of carbonyl (C=O) groups excluding carboxylic acids is 1. The molecule has 1 fully saturated rings. The summed E-state index contributed by atoms with van der Waals surface area (Å²) in [6.07, 6.45) is 2.23. The zero-order valence-electron chi connectivity index (χ0n) is 20.0. The summed E-state index contributed by atoms with van der Waals surface area (Å²) in [5, 5.41) is 0. The Balaban J connectivity index is 1.69. The lowest BCUT2D eigenvalue weighted by Crippen LogP contribution is -2.43. The monoisotopic (exact) mass is 492 g/mol. The third kappa shape index (κ3) is 4.60. The van der Waals surface area contributed by atoms with Crippen molar-refractivity contribution >= 4 is 21.9 Å². The van der Waals surface area contributed by atoms with Gasteiger partial charge in [-0.05, 0) is 69.4 Å². The minimum atomic E-state index is -4.05. The molecule has 0 aliphatic carbocycles. The standard InChI is InChI=1S/C26H28N4O4S/c1-16-7-4-8-17(2)24(16)22-14-23-28-26(27-22)29-35(32,33)21-12-6-10-19(13-21)25(31)30-15-20(34-23)11-5-9-18(30)3/h4,6-8,10,12-14,18,20H,5,9,11,15H2,1-3H3,(H,27,28,29)/t18?,20-/m1/s1. The average Bonchev–Trinajstić information content (AvgIpc) is 2.98. The molecule has 1 N–H and O–H groups in total. The highest BCUT2D eigenvalue weighted by Crippen LogP contribution is 2.31. The van der Waals surface area contributed by atoms with Crippen molar-refractivity contribution in [1.82, 2.24) is 14.9 Å². The summed E-state index contributed by atoms with van der Waals surface area (Å²) in [4.78, 5) is 24.1. The first-order valence-electron chi connectivity index (χ1n) is 11.8. The summed E-state index contributed by atoms with van der Waals surface area (Å²) in [6.45, 7) is 6.38. The molecule has 1 amide bonds. The normalized spacial score (nSPS) is 21.5. The van der Waals surface area contributed by atoms with E-state index < -0.39 is 10.0 Å². The fourth-order valence-corrected chi connectivity index (χ4v) is 5.85. The Morgan fingerprint density at radius 2 is 1.77 bits per heavy atom. The van der Waals surface area contributed by atoms with Crippen LogP contribution in [0, 0.1) is 13.8 Å². The van der Waals surface area contributed by atoms with Gasteiger partial charge in [0.1, 0.15) is 6.10 Å². The van der Waals surface area contributed by atoms with Gasteiger partial charge < -0.3 is 9.64 Å². The number of amides is 1. The molecule has 0 radical (unpaired) electrons. The second-order valence-electron chi connectivity index (χ2n) is 9.29. The van der Waals surface area contributed by atoms with Crippen LogP contribution in [0.5, 0.6) is 5.88 Å². The van der Waals surface area contributed by atoms with Crippen molar-refractivity contribution in [1.29, 1.82) is 0 Å². The first-order chi connectivity index (χ1) is 16.7. The smallest absolute Gasteiger partial charge is 0.264 e. The number of ether oxygens (including phenoxy) is 1. The molecule has 2 aliphatic rings. The molecule has 2 atom stereocenters. The van der Waals surface area contributed by atoms with Crippen molar-refractivity contribution in [2.45, 2.75) is 57.1 Å². The maximum Gasteiger partial charge on any atom is 0.264 e. The van der Waals surface area contributed by atoms with E-state index in [1.54, 1.807) is 23.1 Å². The van der Waals surface area contributed by atoms with Crippen molar-refractivity contribution < 1.29 is 17.9 Å². The summed E-state index contributed by atoms with van der Waals surface area (Å²) in [7, 11) is -4.05. The maximum atomic E-state index is 13.4. The molecule has 2 aliphatic heterocycles. The summed E-state index contributed by atoms with van der Waals surface area (Å²) in [5.74, 6) is -0.0125. The van der Waals surface area contributed by atoms with Crippen molar-refractivity contribution in [3.05, 3.63) is 65.2 Å². The molecule has 182 valence electrons. The van der Waals surface area contributed by atoms with Gasteiger partial charge in [-0.25, -0.2) is 18.1 Å². The maximum absolute atomic E-state index is 13.4. The number of fused-ring (bicyclic) bond motifs is 6. The summed E-state index contributed by atoms with van der Waals surface area (Å²) in [5.41, 5.74) is 3.81. The van der Waals surface area contributed by atoms with E-state index in [2.05, 4.69) is 14.7 Å². The topological polar surface area (TPSA) is 101 Å². The molecule has 1 saturated heterocycles. The van der Waals surface area contributed by atoms with Crippen LogP contribution in [0.3, 0.4) is 0 Å². The highest BCUT2D eigenvalue weighted by atomic mass is 32.2. The van der Waals surface area contributed by atoms with E-state index in [9.17, 15) is 13.2 Å². The minimum absolute atomic E-state index is 0.00533. The number of anilines is 1. The molecule has 8 nitrogen and oxygen atoms in total. The van der Waals surface area contributed by atoms with E-state index in [4.69, 9.17) is 4.74 Å². The third-order valence-electron chi connectivity index (χ3n) is 6.69. The molecule has 1 aromatic heterocycles. The van der Waals surface area contributed by atoms with Crippen molar-refractivity contribution in [3.63, 3.8) is 0 Å². The Hall–Kier alpha value is -3.46. The molecule has 1 unspecified atom stereocenters. The van der Waals surface area contributed by atoms with E-state index in [1.807, 2.05) is 39.0 Å². The molecule has 9 heteroatoms. The van der Waals surface area contributed by atoms with Crippen LogP contribution in [0.2, 0.25) is 0 Å². The summed E-state index contributed by atoms with van der Waals surface area (Å²) < 4.78 is 35.3. The Morgan fingerprint density at radius 1 is 1.03 bits per heavy atom. The lowest BCUT2D eigenvalue weighted by Gasteiger charge is -2.29.